The molecule has 2 aromatic rings. The van der Waals surface area contributed by atoms with Crippen LogP contribution in [0.4, 0.5) is 10.1 Å². The van der Waals surface area contributed by atoms with Gasteiger partial charge < -0.3 is 5.32 Å². The van der Waals surface area contributed by atoms with E-state index in [2.05, 4.69) is 12.2 Å². The molecule has 112 valence electrons. The van der Waals surface area contributed by atoms with Crippen LogP contribution in [0.3, 0.4) is 0 Å². The van der Waals surface area contributed by atoms with Crippen molar-refractivity contribution >= 4 is 28.2 Å². The summed E-state index contributed by atoms with van der Waals surface area (Å²) in [7, 11) is 0. The van der Waals surface area contributed by atoms with Crippen LogP contribution in [0.25, 0.3) is 10.9 Å². The van der Waals surface area contributed by atoms with Crippen LogP contribution in [-0.2, 0) is 12.8 Å². The Hall–Kier alpha value is -1.35. The van der Waals surface area contributed by atoms with Gasteiger partial charge in [0.2, 0.25) is 0 Å². The Bertz CT molecular complexity index is 670. The Morgan fingerprint density at radius 3 is 2.86 bits per heavy atom. The molecule has 0 bridgehead atoms. The molecule has 3 rings (SSSR count). The van der Waals surface area contributed by atoms with Crippen molar-refractivity contribution < 1.29 is 4.39 Å². The van der Waals surface area contributed by atoms with Gasteiger partial charge in [0.15, 0.2) is 0 Å². The van der Waals surface area contributed by atoms with E-state index < -0.39 is 0 Å². The predicted molar refractivity (Wildman–Crippen MR) is 86.8 cm³/mol. The largest absolute Gasteiger partial charge is 0.384 e. The smallest absolute Gasteiger partial charge is 0.126 e. The number of rotatable bonds is 3. The van der Waals surface area contributed by atoms with Gasteiger partial charge in [-0.05, 0) is 43.7 Å². The van der Waals surface area contributed by atoms with E-state index in [1.54, 1.807) is 0 Å². The molecule has 0 fully saturated rings. The first-order chi connectivity index (χ1) is 10.2. The average molecular weight is 307 g/mol. The van der Waals surface area contributed by atoms with E-state index >= 15 is 0 Å². The molecule has 0 atom stereocenters. The number of hydrogen-bond donors (Lipinski definition) is 1. The molecule has 0 saturated carbocycles. The number of aryl methyl sites for hydroxylation is 1. The number of nitrogens with one attached hydrogen (secondary N) is 1. The fourth-order valence-corrected chi connectivity index (χ4v) is 3.39. The number of halogens is 2. The summed E-state index contributed by atoms with van der Waals surface area (Å²) in [4.78, 5) is 4.70. The van der Waals surface area contributed by atoms with Gasteiger partial charge in [-0.3, -0.25) is 4.98 Å². The van der Waals surface area contributed by atoms with Gasteiger partial charge in [0, 0.05) is 23.7 Å². The van der Waals surface area contributed by atoms with Crippen molar-refractivity contribution in [1.82, 2.24) is 4.98 Å². The molecule has 1 aliphatic rings. The summed E-state index contributed by atoms with van der Waals surface area (Å²) in [5, 5.41) is 4.82. The molecule has 1 N–H and O–H groups in total. The van der Waals surface area contributed by atoms with E-state index in [1.165, 1.54) is 30.5 Å². The summed E-state index contributed by atoms with van der Waals surface area (Å²) in [5.74, 6) is -0.324. The minimum absolute atomic E-state index is 0.324. The zero-order valence-corrected chi connectivity index (χ0v) is 13.1. The first-order valence-corrected chi connectivity index (χ1v) is 8.13. The third kappa shape index (κ3) is 2.84. The molecule has 1 aliphatic carbocycles. The topological polar surface area (TPSA) is 24.9 Å². The van der Waals surface area contributed by atoms with Crippen LogP contribution in [0.15, 0.2) is 12.1 Å². The van der Waals surface area contributed by atoms with Crippen molar-refractivity contribution in [3.05, 3.63) is 34.2 Å². The lowest BCUT2D eigenvalue weighted by Crippen LogP contribution is -2.08. The first-order valence-electron chi connectivity index (χ1n) is 7.75. The SMILES string of the molecule is CCCNc1c2c(nc3cc(F)cc(Cl)c13)CCCCC2. The van der Waals surface area contributed by atoms with Crippen LogP contribution < -0.4 is 5.32 Å². The van der Waals surface area contributed by atoms with Gasteiger partial charge in [-0.2, -0.15) is 0 Å². The monoisotopic (exact) mass is 306 g/mol. The maximum absolute atomic E-state index is 13.6. The number of nitrogens with zero attached hydrogens (tertiary/aromatic N) is 1. The summed E-state index contributed by atoms with van der Waals surface area (Å²) in [6.07, 6.45) is 6.60. The molecule has 1 heterocycles. The molecule has 4 heteroatoms. The highest BCUT2D eigenvalue weighted by Crippen LogP contribution is 2.37. The zero-order chi connectivity index (χ0) is 14.8. The second-order valence-corrected chi connectivity index (χ2v) is 6.09. The van der Waals surface area contributed by atoms with E-state index in [9.17, 15) is 4.39 Å². The van der Waals surface area contributed by atoms with E-state index in [4.69, 9.17) is 16.6 Å². The molecule has 0 spiro atoms. The second kappa shape index (κ2) is 6.18. The molecular formula is C17H20ClFN2. The van der Waals surface area contributed by atoms with Gasteiger partial charge in [0.1, 0.15) is 5.82 Å². The highest BCUT2D eigenvalue weighted by atomic mass is 35.5. The van der Waals surface area contributed by atoms with E-state index in [-0.39, 0.29) is 5.82 Å². The second-order valence-electron chi connectivity index (χ2n) is 5.68. The molecule has 1 aromatic heterocycles. The van der Waals surface area contributed by atoms with Gasteiger partial charge in [-0.15, -0.1) is 0 Å². The summed E-state index contributed by atoms with van der Waals surface area (Å²) < 4.78 is 13.6. The number of benzene rings is 1. The van der Waals surface area contributed by atoms with Crippen molar-refractivity contribution in [2.45, 2.75) is 45.4 Å². The molecule has 21 heavy (non-hydrogen) atoms. The summed E-state index contributed by atoms with van der Waals surface area (Å²) in [6.45, 7) is 3.02. The minimum atomic E-state index is -0.324. The van der Waals surface area contributed by atoms with Crippen LogP contribution in [-0.4, -0.2) is 11.5 Å². The number of hydrogen-bond acceptors (Lipinski definition) is 2. The number of pyridine rings is 1. The molecule has 0 saturated heterocycles. The van der Waals surface area contributed by atoms with Crippen LogP contribution in [0, 0.1) is 5.82 Å². The Morgan fingerprint density at radius 1 is 1.24 bits per heavy atom. The Balaban J connectivity index is 2.26. The van der Waals surface area contributed by atoms with Crippen LogP contribution >= 0.6 is 11.6 Å². The van der Waals surface area contributed by atoms with Crippen molar-refractivity contribution in [3.8, 4) is 0 Å². The Kier molecular flexibility index (Phi) is 4.29. The quantitative estimate of drug-likeness (QED) is 0.796. The normalized spacial score (nSPS) is 14.8. The molecule has 2 nitrogen and oxygen atoms in total. The van der Waals surface area contributed by atoms with Gasteiger partial charge in [-0.1, -0.05) is 24.9 Å². The van der Waals surface area contributed by atoms with Crippen molar-refractivity contribution in [2.75, 3.05) is 11.9 Å². The molecule has 1 aromatic carbocycles. The van der Waals surface area contributed by atoms with Crippen molar-refractivity contribution in [1.29, 1.82) is 0 Å². The van der Waals surface area contributed by atoms with Crippen LogP contribution in [0.2, 0.25) is 5.02 Å². The van der Waals surface area contributed by atoms with Gasteiger partial charge in [0.25, 0.3) is 0 Å². The molecule has 0 unspecified atom stereocenters. The molecule has 0 amide bonds. The lowest BCUT2D eigenvalue weighted by molar-refractivity contribution is 0.629. The highest BCUT2D eigenvalue weighted by Gasteiger charge is 2.19. The number of fused-ring (bicyclic) bond motifs is 2. The standard InChI is InChI=1S/C17H20ClFN2/c1-2-8-20-17-12-6-4-3-5-7-14(12)21-15-10-11(19)9-13(18)16(15)17/h9-10H,2-8H2,1H3,(H,20,21). The minimum Gasteiger partial charge on any atom is -0.384 e. The van der Waals surface area contributed by atoms with E-state index in [1.807, 2.05) is 0 Å². The van der Waals surface area contributed by atoms with Crippen molar-refractivity contribution in [2.24, 2.45) is 0 Å². The molecular weight excluding hydrogens is 287 g/mol. The lowest BCUT2D eigenvalue weighted by atomic mass is 10.0. The Labute approximate surface area is 129 Å². The fourth-order valence-electron chi connectivity index (χ4n) is 3.10. The number of anilines is 1. The average Bonchev–Trinajstić information content (AvgIpc) is 2.68. The molecule has 0 aliphatic heterocycles. The van der Waals surface area contributed by atoms with Gasteiger partial charge >= 0.3 is 0 Å². The highest BCUT2D eigenvalue weighted by molar-refractivity contribution is 6.36. The first kappa shape index (κ1) is 14.6. The summed E-state index contributed by atoms with van der Waals surface area (Å²) >= 11 is 6.31. The summed E-state index contributed by atoms with van der Waals surface area (Å²) in [5.41, 5.74) is 4.13. The maximum atomic E-state index is 13.6. The third-order valence-electron chi connectivity index (χ3n) is 4.08. The van der Waals surface area contributed by atoms with E-state index in [0.717, 1.165) is 49.0 Å². The van der Waals surface area contributed by atoms with Crippen LogP contribution in [0.5, 0.6) is 0 Å². The number of aromatic nitrogens is 1. The Morgan fingerprint density at radius 2 is 2.05 bits per heavy atom. The predicted octanol–water partition coefficient (Wildman–Crippen LogP) is 5.12. The molecule has 0 radical (unpaired) electrons. The van der Waals surface area contributed by atoms with Gasteiger partial charge in [-0.25, -0.2) is 4.39 Å². The maximum Gasteiger partial charge on any atom is 0.126 e. The van der Waals surface area contributed by atoms with Crippen LogP contribution in [0.1, 0.15) is 43.9 Å². The fraction of sp³-hybridized carbons (Fsp3) is 0.471. The lowest BCUT2D eigenvalue weighted by Gasteiger charge is -2.17. The zero-order valence-electron chi connectivity index (χ0n) is 12.3. The third-order valence-corrected chi connectivity index (χ3v) is 4.38. The van der Waals surface area contributed by atoms with Gasteiger partial charge in [0.05, 0.1) is 16.2 Å². The summed E-state index contributed by atoms with van der Waals surface area (Å²) in [6, 6.07) is 2.87. The van der Waals surface area contributed by atoms with Crippen molar-refractivity contribution in [3.63, 3.8) is 0 Å². The van der Waals surface area contributed by atoms with E-state index in [0.29, 0.717) is 10.5 Å².